The summed E-state index contributed by atoms with van der Waals surface area (Å²) in [7, 11) is 3.25. The third-order valence-electron chi connectivity index (χ3n) is 3.52. The molecule has 106 valence electrons. The van der Waals surface area contributed by atoms with Gasteiger partial charge >= 0.3 is 0 Å². The third kappa shape index (κ3) is 2.25. The molecule has 0 aliphatic heterocycles. The highest BCUT2D eigenvalue weighted by molar-refractivity contribution is 6.12. The third-order valence-corrected chi connectivity index (χ3v) is 3.52. The van der Waals surface area contributed by atoms with E-state index in [2.05, 4.69) is 10.3 Å². The fourth-order valence-corrected chi connectivity index (χ4v) is 2.48. The first-order valence-electron chi connectivity index (χ1n) is 6.72. The monoisotopic (exact) mass is 280 g/mol. The molecule has 0 saturated carbocycles. The first-order valence-corrected chi connectivity index (χ1v) is 6.72. The fraction of sp³-hybridized carbons (Fsp3) is 0.118. The zero-order chi connectivity index (χ0) is 14.8. The summed E-state index contributed by atoms with van der Waals surface area (Å²) in [5.41, 5.74) is 3.34. The Morgan fingerprint density at radius 2 is 1.90 bits per heavy atom. The summed E-state index contributed by atoms with van der Waals surface area (Å²) in [6.07, 6.45) is 0. The number of benzene rings is 2. The minimum absolute atomic E-state index is 0.117. The Morgan fingerprint density at radius 3 is 2.57 bits per heavy atom. The maximum Gasteiger partial charge on any atom is 0.253 e. The Labute approximate surface area is 122 Å². The normalized spacial score (nSPS) is 10.6. The van der Waals surface area contributed by atoms with E-state index < -0.39 is 0 Å². The van der Waals surface area contributed by atoms with Gasteiger partial charge in [-0.1, -0.05) is 30.3 Å². The van der Waals surface area contributed by atoms with Crippen molar-refractivity contribution in [3.05, 3.63) is 54.1 Å². The van der Waals surface area contributed by atoms with Crippen LogP contribution in [0.3, 0.4) is 0 Å². The summed E-state index contributed by atoms with van der Waals surface area (Å²) >= 11 is 0. The number of carbonyl (C=O) groups is 1. The van der Waals surface area contributed by atoms with Crippen molar-refractivity contribution >= 4 is 16.8 Å². The number of ether oxygens (including phenoxy) is 1. The van der Waals surface area contributed by atoms with E-state index in [-0.39, 0.29) is 5.91 Å². The Bertz CT molecular complexity index is 791. The molecule has 0 unspecified atom stereocenters. The molecule has 2 aromatic carbocycles. The van der Waals surface area contributed by atoms with Crippen molar-refractivity contribution in [2.24, 2.45) is 0 Å². The highest BCUT2D eigenvalue weighted by Gasteiger charge is 2.19. The van der Waals surface area contributed by atoms with Crippen LogP contribution in [0.1, 0.15) is 10.4 Å². The summed E-state index contributed by atoms with van der Waals surface area (Å²) in [6.45, 7) is 0. The first kappa shape index (κ1) is 13.2. The number of aromatic nitrogens is 1. The molecule has 0 atom stereocenters. The summed E-state index contributed by atoms with van der Waals surface area (Å²) < 4.78 is 5.26. The van der Waals surface area contributed by atoms with Crippen molar-refractivity contribution in [3.63, 3.8) is 0 Å². The summed E-state index contributed by atoms with van der Waals surface area (Å²) in [5.74, 6) is 0.611. The van der Waals surface area contributed by atoms with Crippen LogP contribution in [0.25, 0.3) is 22.2 Å². The molecular weight excluding hydrogens is 264 g/mol. The number of carbonyl (C=O) groups excluding carboxylic acids is 1. The Hall–Kier alpha value is -2.75. The SMILES string of the molecule is CNC(=O)c1c(-c2ccccc2)[nH]c2ccc(OC)cc12. The molecule has 1 amide bonds. The van der Waals surface area contributed by atoms with Gasteiger partial charge < -0.3 is 15.0 Å². The van der Waals surface area contributed by atoms with Crippen LogP contribution in [0.2, 0.25) is 0 Å². The van der Waals surface area contributed by atoms with Crippen LogP contribution in [0.5, 0.6) is 5.75 Å². The first-order chi connectivity index (χ1) is 10.2. The Morgan fingerprint density at radius 1 is 1.14 bits per heavy atom. The number of rotatable bonds is 3. The molecule has 0 fully saturated rings. The fourth-order valence-electron chi connectivity index (χ4n) is 2.48. The molecule has 0 aliphatic carbocycles. The van der Waals surface area contributed by atoms with Crippen molar-refractivity contribution in [1.29, 1.82) is 0 Å². The Balaban J connectivity index is 2.31. The largest absolute Gasteiger partial charge is 0.497 e. The number of methoxy groups -OCH3 is 1. The zero-order valence-electron chi connectivity index (χ0n) is 11.9. The van der Waals surface area contributed by atoms with Gasteiger partial charge in [0.2, 0.25) is 0 Å². The maximum atomic E-state index is 12.3. The number of hydrogen-bond donors (Lipinski definition) is 2. The number of fused-ring (bicyclic) bond motifs is 1. The van der Waals surface area contributed by atoms with Crippen LogP contribution in [-0.4, -0.2) is 25.0 Å². The van der Waals surface area contributed by atoms with Gasteiger partial charge in [-0.05, 0) is 23.8 Å². The second-order valence-electron chi connectivity index (χ2n) is 4.73. The number of amides is 1. The van der Waals surface area contributed by atoms with E-state index in [1.165, 1.54) is 0 Å². The lowest BCUT2D eigenvalue weighted by Crippen LogP contribution is -2.18. The molecule has 0 radical (unpaired) electrons. The molecule has 3 aromatic rings. The molecule has 0 bridgehead atoms. The van der Waals surface area contributed by atoms with Crippen LogP contribution in [0.15, 0.2) is 48.5 Å². The smallest absolute Gasteiger partial charge is 0.253 e. The number of H-pyrrole nitrogens is 1. The van der Waals surface area contributed by atoms with Crippen LogP contribution in [-0.2, 0) is 0 Å². The lowest BCUT2D eigenvalue weighted by molar-refractivity contribution is 0.0965. The highest BCUT2D eigenvalue weighted by atomic mass is 16.5. The second kappa shape index (κ2) is 5.32. The molecule has 0 aliphatic rings. The molecule has 21 heavy (non-hydrogen) atoms. The van der Waals surface area contributed by atoms with Gasteiger partial charge in [0, 0.05) is 18.0 Å². The Kier molecular flexibility index (Phi) is 3.36. The van der Waals surface area contributed by atoms with Gasteiger partial charge in [0.05, 0.1) is 18.4 Å². The highest BCUT2D eigenvalue weighted by Crippen LogP contribution is 2.32. The van der Waals surface area contributed by atoms with Gasteiger partial charge in [0.15, 0.2) is 0 Å². The van der Waals surface area contributed by atoms with Crippen LogP contribution < -0.4 is 10.1 Å². The molecular formula is C17H16N2O2. The lowest BCUT2D eigenvalue weighted by Gasteiger charge is -2.04. The van der Waals surface area contributed by atoms with Gasteiger partial charge in [-0.15, -0.1) is 0 Å². The molecule has 3 rings (SSSR count). The van der Waals surface area contributed by atoms with Crippen LogP contribution in [0.4, 0.5) is 0 Å². The van der Waals surface area contributed by atoms with Crippen LogP contribution >= 0.6 is 0 Å². The van der Waals surface area contributed by atoms with Gasteiger partial charge in [0.25, 0.3) is 5.91 Å². The molecule has 2 N–H and O–H groups in total. The van der Waals surface area contributed by atoms with Gasteiger partial charge in [-0.2, -0.15) is 0 Å². The van der Waals surface area contributed by atoms with Crippen molar-refractivity contribution in [2.45, 2.75) is 0 Å². The molecule has 4 nitrogen and oxygen atoms in total. The van der Waals surface area contributed by atoms with Crippen molar-refractivity contribution in [1.82, 2.24) is 10.3 Å². The number of nitrogens with one attached hydrogen (secondary N) is 2. The van der Waals surface area contributed by atoms with E-state index in [0.29, 0.717) is 5.56 Å². The lowest BCUT2D eigenvalue weighted by atomic mass is 10.0. The standard InChI is InChI=1S/C17H16N2O2/c1-18-17(20)15-13-10-12(21-2)8-9-14(13)19-16(15)11-6-4-3-5-7-11/h3-10,19H,1-2H3,(H,18,20). The average molecular weight is 280 g/mol. The van der Waals surface area contributed by atoms with E-state index in [9.17, 15) is 4.79 Å². The molecule has 1 aromatic heterocycles. The van der Waals surface area contributed by atoms with Gasteiger partial charge in [-0.25, -0.2) is 0 Å². The summed E-state index contributed by atoms with van der Waals surface area (Å²) in [4.78, 5) is 15.6. The summed E-state index contributed by atoms with van der Waals surface area (Å²) in [6, 6.07) is 15.5. The topological polar surface area (TPSA) is 54.1 Å². The molecule has 1 heterocycles. The van der Waals surface area contributed by atoms with Crippen molar-refractivity contribution < 1.29 is 9.53 Å². The minimum Gasteiger partial charge on any atom is -0.497 e. The van der Waals surface area contributed by atoms with E-state index in [1.54, 1.807) is 14.2 Å². The molecule has 4 heteroatoms. The van der Waals surface area contributed by atoms with E-state index >= 15 is 0 Å². The molecule has 0 spiro atoms. The second-order valence-corrected chi connectivity index (χ2v) is 4.73. The predicted molar refractivity (Wildman–Crippen MR) is 83.7 cm³/mol. The summed E-state index contributed by atoms with van der Waals surface area (Å²) in [5, 5.41) is 3.56. The molecule has 0 saturated heterocycles. The average Bonchev–Trinajstić information content (AvgIpc) is 2.93. The van der Waals surface area contributed by atoms with E-state index in [1.807, 2.05) is 48.5 Å². The minimum atomic E-state index is -0.117. The van der Waals surface area contributed by atoms with E-state index in [4.69, 9.17) is 4.74 Å². The quantitative estimate of drug-likeness (QED) is 0.774. The van der Waals surface area contributed by atoms with Crippen molar-refractivity contribution in [3.8, 4) is 17.0 Å². The van der Waals surface area contributed by atoms with E-state index in [0.717, 1.165) is 27.9 Å². The van der Waals surface area contributed by atoms with Gasteiger partial charge in [-0.3, -0.25) is 4.79 Å². The predicted octanol–water partition coefficient (Wildman–Crippen LogP) is 3.20. The van der Waals surface area contributed by atoms with Crippen LogP contribution in [0, 0.1) is 0 Å². The van der Waals surface area contributed by atoms with Gasteiger partial charge in [0.1, 0.15) is 5.75 Å². The van der Waals surface area contributed by atoms with Crippen molar-refractivity contribution in [2.75, 3.05) is 14.2 Å². The number of aromatic amines is 1. The number of hydrogen-bond acceptors (Lipinski definition) is 2. The maximum absolute atomic E-state index is 12.3. The zero-order valence-corrected chi connectivity index (χ0v) is 11.9.